The number of carbonyl (C=O) groups excluding carboxylic acids is 3. The Bertz CT molecular complexity index is 655. The lowest BCUT2D eigenvalue weighted by molar-refractivity contribution is -0.147. The molecule has 2 rings (SSSR count). The number of aryl methyl sites for hydroxylation is 2. The summed E-state index contributed by atoms with van der Waals surface area (Å²) >= 11 is 0. The molecule has 7 nitrogen and oxygen atoms in total. The van der Waals surface area contributed by atoms with Crippen LogP contribution in [0.15, 0.2) is 4.42 Å². The number of amides is 3. The average molecular weight is 335 g/mol. The van der Waals surface area contributed by atoms with Crippen molar-refractivity contribution in [3.63, 3.8) is 0 Å². The maximum Gasteiger partial charge on any atom is 0.312 e. The van der Waals surface area contributed by atoms with Crippen molar-refractivity contribution in [3.05, 3.63) is 22.6 Å². The second-order valence-electron chi connectivity index (χ2n) is 6.43. The topological polar surface area (TPSA) is 82.9 Å². The largest absolute Gasteiger partial charge is 0.466 e. The second-order valence-corrected chi connectivity index (χ2v) is 6.43. The zero-order valence-corrected chi connectivity index (χ0v) is 14.9. The molecular weight excluding hydrogens is 310 g/mol. The summed E-state index contributed by atoms with van der Waals surface area (Å²) < 4.78 is 5.52. The van der Waals surface area contributed by atoms with E-state index in [1.807, 2.05) is 13.8 Å². The molecule has 1 aromatic rings. The summed E-state index contributed by atoms with van der Waals surface area (Å²) in [6.07, 6.45) is 0. The Morgan fingerprint density at radius 2 is 1.50 bits per heavy atom. The van der Waals surface area contributed by atoms with Gasteiger partial charge in [-0.3, -0.25) is 14.4 Å². The summed E-state index contributed by atoms with van der Waals surface area (Å²) in [5, 5.41) is 2.59. The van der Waals surface area contributed by atoms with E-state index >= 15 is 0 Å². The van der Waals surface area contributed by atoms with Crippen molar-refractivity contribution in [2.45, 2.75) is 40.7 Å². The molecule has 2 heterocycles. The maximum absolute atomic E-state index is 12.7. The number of hydrogen-bond acceptors (Lipinski definition) is 4. The third-order valence-corrected chi connectivity index (χ3v) is 4.24. The van der Waals surface area contributed by atoms with Gasteiger partial charge in [-0.15, -0.1) is 0 Å². The summed E-state index contributed by atoms with van der Waals surface area (Å²) in [4.78, 5) is 39.8. The van der Waals surface area contributed by atoms with Crippen LogP contribution in [0.3, 0.4) is 0 Å². The van der Waals surface area contributed by atoms with Crippen LogP contribution in [0, 0.1) is 20.8 Å². The van der Waals surface area contributed by atoms with Crippen molar-refractivity contribution in [2.24, 2.45) is 0 Å². The van der Waals surface area contributed by atoms with Crippen LogP contribution >= 0.6 is 0 Å². The minimum atomic E-state index is -0.595. The Hall–Kier alpha value is -2.31. The molecule has 7 heteroatoms. The molecule has 1 N–H and O–H groups in total. The van der Waals surface area contributed by atoms with Crippen LogP contribution in [0.4, 0.5) is 0 Å². The van der Waals surface area contributed by atoms with Crippen LogP contribution in [0.5, 0.6) is 0 Å². The van der Waals surface area contributed by atoms with E-state index in [1.165, 1.54) is 4.90 Å². The third-order valence-electron chi connectivity index (χ3n) is 4.24. The molecule has 1 fully saturated rings. The molecule has 0 aliphatic carbocycles. The average Bonchev–Trinajstić information content (AvgIpc) is 2.78. The standard InChI is InChI=1S/C17H25N3O4/c1-10(2)18-15(21)17(23)20-8-6-19(7-9-20)16(22)14-11(3)12(4)24-13(14)5/h10H,6-9H2,1-5H3,(H,18,21). The van der Waals surface area contributed by atoms with Gasteiger partial charge in [0.25, 0.3) is 5.91 Å². The monoisotopic (exact) mass is 335 g/mol. The first-order valence-electron chi connectivity index (χ1n) is 8.18. The minimum absolute atomic E-state index is 0.0828. The van der Waals surface area contributed by atoms with E-state index in [4.69, 9.17) is 4.42 Å². The van der Waals surface area contributed by atoms with Crippen LogP contribution in [0.1, 0.15) is 41.3 Å². The smallest absolute Gasteiger partial charge is 0.312 e. The molecule has 0 unspecified atom stereocenters. The van der Waals surface area contributed by atoms with Crippen LogP contribution in [-0.4, -0.2) is 59.7 Å². The van der Waals surface area contributed by atoms with Crippen molar-refractivity contribution in [1.82, 2.24) is 15.1 Å². The normalized spacial score (nSPS) is 14.9. The molecule has 1 aliphatic rings. The molecular formula is C17H25N3O4. The maximum atomic E-state index is 12.7. The van der Waals surface area contributed by atoms with Gasteiger partial charge in [0.2, 0.25) is 0 Å². The van der Waals surface area contributed by atoms with E-state index in [0.717, 1.165) is 11.3 Å². The molecule has 0 atom stereocenters. The predicted molar refractivity (Wildman–Crippen MR) is 88.7 cm³/mol. The van der Waals surface area contributed by atoms with E-state index < -0.39 is 11.8 Å². The van der Waals surface area contributed by atoms with Gasteiger partial charge in [0.1, 0.15) is 11.5 Å². The predicted octanol–water partition coefficient (Wildman–Crippen LogP) is 1.01. The van der Waals surface area contributed by atoms with Crippen molar-refractivity contribution in [3.8, 4) is 0 Å². The zero-order chi connectivity index (χ0) is 18.0. The molecule has 24 heavy (non-hydrogen) atoms. The van der Waals surface area contributed by atoms with Crippen LogP contribution in [0.25, 0.3) is 0 Å². The van der Waals surface area contributed by atoms with E-state index in [9.17, 15) is 14.4 Å². The Morgan fingerprint density at radius 3 is 1.96 bits per heavy atom. The summed E-state index contributed by atoms with van der Waals surface area (Å²) in [5.74, 6) is 0.143. The molecule has 0 spiro atoms. The summed E-state index contributed by atoms with van der Waals surface area (Å²) in [5.41, 5.74) is 1.46. The molecule has 0 saturated carbocycles. The number of nitrogens with zero attached hydrogens (tertiary/aromatic N) is 2. The Balaban J connectivity index is 1.98. The lowest BCUT2D eigenvalue weighted by atomic mass is 10.1. The fourth-order valence-corrected chi connectivity index (χ4v) is 2.85. The van der Waals surface area contributed by atoms with Crippen LogP contribution in [0.2, 0.25) is 0 Å². The molecule has 0 radical (unpaired) electrons. The van der Waals surface area contributed by atoms with Crippen molar-refractivity contribution in [1.29, 1.82) is 0 Å². The third kappa shape index (κ3) is 3.60. The van der Waals surface area contributed by atoms with Crippen LogP contribution in [-0.2, 0) is 9.59 Å². The molecule has 132 valence electrons. The van der Waals surface area contributed by atoms with E-state index in [-0.39, 0.29) is 11.9 Å². The summed E-state index contributed by atoms with van der Waals surface area (Å²) in [6.45, 7) is 10.6. The highest BCUT2D eigenvalue weighted by molar-refractivity contribution is 6.35. The SMILES string of the molecule is Cc1oc(C)c(C(=O)N2CCN(C(=O)C(=O)NC(C)C)CC2)c1C. The van der Waals surface area contributed by atoms with Gasteiger partial charge >= 0.3 is 11.8 Å². The highest BCUT2D eigenvalue weighted by Crippen LogP contribution is 2.22. The van der Waals surface area contributed by atoms with E-state index in [0.29, 0.717) is 37.5 Å². The second kappa shape index (κ2) is 7.07. The number of hydrogen-bond donors (Lipinski definition) is 1. The first-order valence-corrected chi connectivity index (χ1v) is 8.18. The minimum Gasteiger partial charge on any atom is -0.466 e. The molecule has 0 aromatic carbocycles. The van der Waals surface area contributed by atoms with Gasteiger partial charge in [0, 0.05) is 37.8 Å². The Morgan fingerprint density at radius 1 is 0.958 bits per heavy atom. The van der Waals surface area contributed by atoms with Crippen molar-refractivity contribution < 1.29 is 18.8 Å². The molecule has 3 amide bonds. The van der Waals surface area contributed by atoms with Gasteiger partial charge in [-0.1, -0.05) is 0 Å². The number of piperazine rings is 1. The first-order chi connectivity index (χ1) is 11.2. The highest BCUT2D eigenvalue weighted by atomic mass is 16.3. The fraction of sp³-hybridized carbons (Fsp3) is 0.588. The fourth-order valence-electron chi connectivity index (χ4n) is 2.85. The number of rotatable bonds is 2. The first kappa shape index (κ1) is 18.0. The number of carbonyl (C=O) groups is 3. The van der Waals surface area contributed by atoms with Gasteiger partial charge in [-0.05, 0) is 34.6 Å². The molecule has 0 bridgehead atoms. The number of furan rings is 1. The van der Waals surface area contributed by atoms with E-state index in [2.05, 4.69) is 5.32 Å². The summed E-state index contributed by atoms with van der Waals surface area (Å²) in [6, 6.07) is -0.0837. The van der Waals surface area contributed by atoms with Crippen molar-refractivity contribution >= 4 is 17.7 Å². The lowest BCUT2D eigenvalue weighted by Crippen LogP contribution is -2.54. The Labute approximate surface area is 142 Å². The van der Waals surface area contributed by atoms with Crippen LogP contribution < -0.4 is 5.32 Å². The quantitative estimate of drug-likeness (QED) is 0.818. The van der Waals surface area contributed by atoms with Crippen molar-refractivity contribution in [2.75, 3.05) is 26.2 Å². The van der Waals surface area contributed by atoms with Gasteiger partial charge in [-0.2, -0.15) is 0 Å². The van der Waals surface area contributed by atoms with Gasteiger partial charge in [0.05, 0.1) is 5.56 Å². The van der Waals surface area contributed by atoms with Gasteiger partial charge in [-0.25, -0.2) is 0 Å². The summed E-state index contributed by atoms with van der Waals surface area (Å²) in [7, 11) is 0. The molecule has 1 aromatic heterocycles. The molecule has 1 saturated heterocycles. The highest BCUT2D eigenvalue weighted by Gasteiger charge is 2.30. The Kier molecular flexibility index (Phi) is 5.31. The zero-order valence-electron chi connectivity index (χ0n) is 14.9. The lowest BCUT2D eigenvalue weighted by Gasteiger charge is -2.34. The number of nitrogens with one attached hydrogen (secondary N) is 1. The van der Waals surface area contributed by atoms with E-state index in [1.54, 1.807) is 25.7 Å². The van der Waals surface area contributed by atoms with Gasteiger partial charge < -0.3 is 19.5 Å². The van der Waals surface area contributed by atoms with Gasteiger partial charge in [0.15, 0.2) is 0 Å². The molecule has 1 aliphatic heterocycles.